The van der Waals surface area contributed by atoms with E-state index >= 15 is 0 Å². The van der Waals surface area contributed by atoms with E-state index in [0.29, 0.717) is 0 Å². The van der Waals surface area contributed by atoms with Crippen molar-refractivity contribution < 1.29 is 4.74 Å². The van der Waals surface area contributed by atoms with Gasteiger partial charge in [-0.25, -0.2) is 0 Å². The van der Waals surface area contributed by atoms with Crippen LogP contribution in [0.5, 0.6) is 0 Å². The molecule has 27 heavy (non-hydrogen) atoms. The average Bonchev–Trinajstić information content (AvgIpc) is 2.71. The Morgan fingerprint density at radius 3 is 1.78 bits per heavy atom. The maximum absolute atomic E-state index is 6.89. The standard InChI is InChI=1S/C24H46N2O/c1-20-23(7,19-22(5,6)26-21(2,3)4)27-24(25-20)17-15-13-11-9-8-10-12-14-16-18-24/h25-26H,1,8-19H2,2-7H3. The highest BCUT2D eigenvalue weighted by molar-refractivity contribution is 5.20. The first-order valence-corrected chi connectivity index (χ1v) is 11.4. The Kier molecular flexibility index (Phi) is 7.47. The van der Waals surface area contributed by atoms with Gasteiger partial charge in [-0.3, -0.25) is 0 Å². The lowest BCUT2D eigenvalue weighted by Crippen LogP contribution is -2.54. The van der Waals surface area contributed by atoms with Crippen molar-refractivity contribution in [3.63, 3.8) is 0 Å². The van der Waals surface area contributed by atoms with E-state index in [9.17, 15) is 0 Å². The van der Waals surface area contributed by atoms with E-state index in [1.165, 1.54) is 57.8 Å². The lowest BCUT2D eigenvalue weighted by atomic mass is 9.85. The van der Waals surface area contributed by atoms with Gasteiger partial charge in [-0.05, 0) is 73.6 Å². The number of ether oxygens (including phenoxy) is 1. The smallest absolute Gasteiger partial charge is 0.139 e. The molecule has 2 fully saturated rings. The van der Waals surface area contributed by atoms with Crippen LogP contribution in [0, 0.1) is 0 Å². The number of hydrogen-bond donors (Lipinski definition) is 2. The van der Waals surface area contributed by atoms with Crippen LogP contribution >= 0.6 is 0 Å². The normalized spacial score (nSPS) is 28.4. The molecule has 1 unspecified atom stereocenters. The van der Waals surface area contributed by atoms with Crippen molar-refractivity contribution in [2.45, 2.75) is 141 Å². The highest BCUT2D eigenvalue weighted by Crippen LogP contribution is 2.43. The topological polar surface area (TPSA) is 33.3 Å². The molecule has 0 aromatic rings. The molecule has 158 valence electrons. The Balaban J connectivity index is 2.08. The largest absolute Gasteiger partial charge is 0.359 e. The average molecular weight is 379 g/mol. The van der Waals surface area contributed by atoms with Gasteiger partial charge in [0, 0.05) is 16.8 Å². The summed E-state index contributed by atoms with van der Waals surface area (Å²) in [6.07, 6.45) is 15.3. The Morgan fingerprint density at radius 1 is 0.889 bits per heavy atom. The fraction of sp³-hybridized carbons (Fsp3) is 0.917. The second-order valence-corrected chi connectivity index (χ2v) is 11.0. The molecule has 1 atom stereocenters. The third-order valence-electron chi connectivity index (χ3n) is 6.09. The van der Waals surface area contributed by atoms with Gasteiger partial charge in [0.25, 0.3) is 0 Å². The summed E-state index contributed by atoms with van der Waals surface area (Å²) in [7, 11) is 0. The van der Waals surface area contributed by atoms with E-state index in [1.54, 1.807) is 0 Å². The zero-order valence-electron chi connectivity index (χ0n) is 19.1. The molecule has 2 N–H and O–H groups in total. The molecule has 1 aliphatic carbocycles. The molecule has 1 heterocycles. The van der Waals surface area contributed by atoms with Crippen LogP contribution in [0.3, 0.4) is 0 Å². The molecule has 2 aliphatic rings. The predicted molar refractivity (Wildman–Crippen MR) is 117 cm³/mol. The van der Waals surface area contributed by atoms with Gasteiger partial charge in [-0.2, -0.15) is 0 Å². The van der Waals surface area contributed by atoms with Crippen LogP contribution in [-0.2, 0) is 4.74 Å². The molecule has 1 saturated carbocycles. The quantitative estimate of drug-likeness (QED) is 0.593. The van der Waals surface area contributed by atoms with Crippen LogP contribution in [0.4, 0.5) is 0 Å². The zero-order valence-corrected chi connectivity index (χ0v) is 19.1. The fourth-order valence-corrected chi connectivity index (χ4v) is 5.38. The lowest BCUT2D eigenvalue weighted by Gasteiger charge is -2.40. The van der Waals surface area contributed by atoms with Crippen molar-refractivity contribution in [1.29, 1.82) is 0 Å². The van der Waals surface area contributed by atoms with Gasteiger partial charge in [0.15, 0.2) is 0 Å². The summed E-state index contributed by atoms with van der Waals surface area (Å²) in [5.74, 6) is 0. The summed E-state index contributed by atoms with van der Waals surface area (Å²) in [5, 5.41) is 7.52. The Labute approximate surface area is 169 Å². The van der Waals surface area contributed by atoms with Gasteiger partial charge >= 0.3 is 0 Å². The molecule has 0 radical (unpaired) electrons. The van der Waals surface area contributed by atoms with Crippen LogP contribution in [0.1, 0.15) is 119 Å². The van der Waals surface area contributed by atoms with Gasteiger partial charge < -0.3 is 15.4 Å². The van der Waals surface area contributed by atoms with Gasteiger partial charge in [0.05, 0.1) is 0 Å². The minimum absolute atomic E-state index is 0.0193. The third-order valence-corrected chi connectivity index (χ3v) is 6.09. The van der Waals surface area contributed by atoms with E-state index in [2.05, 4.69) is 58.8 Å². The molecule has 1 saturated heterocycles. The molecule has 0 aromatic heterocycles. The summed E-state index contributed by atoms with van der Waals surface area (Å²) in [5.41, 5.74) is 0.604. The van der Waals surface area contributed by atoms with Gasteiger partial charge in [-0.15, -0.1) is 0 Å². The van der Waals surface area contributed by atoms with E-state index in [1.807, 2.05) is 0 Å². The monoisotopic (exact) mass is 378 g/mol. The number of hydrogen-bond acceptors (Lipinski definition) is 3. The van der Waals surface area contributed by atoms with Crippen molar-refractivity contribution in [3.8, 4) is 0 Å². The maximum Gasteiger partial charge on any atom is 0.139 e. The highest BCUT2D eigenvalue weighted by atomic mass is 16.6. The minimum Gasteiger partial charge on any atom is -0.359 e. The zero-order chi connectivity index (χ0) is 20.2. The van der Waals surface area contributed by atoms with Gasteiger partial charge in [0.2, 0.25) is 0 Å². The van der Waals surface area contributed by atoms with Crippen molar-refractivity contribution >= 4 is 0 Å². The number of rotatable bonds is 3. The van der Waals surface area contributed by atoms with E-state index in [0.717, 1.165) is 25.0 Å². The summed E-state index contributed by atoms with van der Waals surface area (Å²) >= 11 is 0. The molecular formula is C24H46N2O. The summed E-state index contributed by atoms with van der Waals surface area (Å²) in [4.78, 5) is 0. The van der Waals surface area contributed by atoms with Crippen LogP contribution < -0.4 is 10.6 Å². The van der Waals surface area contributed by atoms with Crippen LogP contribution in [0.2, 0.25) is 0 Å². The molecule has 1 aliphatic heterocycles. The van der Waals surface area contributed by atoms with Crippen molar-refractivity contribution in [2.24, 2.45) is 0 Å². The fourth-order valence-electron chi connectivity index (χ4n) is 5.38. The first kappa shape index (κ1) is 22.7. The molecule has 1 spiro atoms. The van der Waals surface area contributed by atoms with Crippen molar-refractivity contribution in [2.75, 3.05) is 0 Å². The van der Waals surface area contributed by atoms with Crippen molar-refractivity contribution in [3.05, 3.63) is 12.3 Å². The SMILES string of the molecule is C=C1NC2(CCCCCCCCCCC2)OC1(C)CC(C)(C)NC(C)(C)C. The van der Waals surface area contributed by atoms with E-state index in [4.69, 9.17) is 4.74 Å². The molecule has 0 amide bonds. The predicted octanol–water partition coefficient (Wildman–Crippen LogP) is 6.44. The molecule has 0 bridgehead atoms. The Hall–Kier alpha value is -0.540. The Morgan fingerprint density at radius 2 is 1.33 bits per heavy atom. The van der Waals surface area contributed by atoms with Crippen molar-refractivity contribution in [1.82, 2.24) is 10.6 Å². The van der Waals surface area contributed by atoms with Crippen LogP contribution in [-0.4, -0.2) is 22.4 Å². The first-order chi connectivity index (χ1) is 12.5. The minimum atomic E-state index is -0.321. The van der Waals surface area contributed by atoms with Gasteiger partial charge in [0.1, 0.15) is 11.3 Å². The lowest BCUT2D eigenvalue weighted by molar-refractivity contribution is -0.117. The molecule has 3 nitrogen and oxygen atoms in total. The third kappa shape index (κ3) is 7.09. The molecule has 2 rings (SSSR count). The second-order valence-electron chi connectivity index (χ2n) is 11.0. The number of nitrogens with one attached hydrogen (secondary N) is 2. The van der Waals surface area contributed by atoms with Crippen LogP contribution in [0.15, 0.2) is 12.3 Å². The summed E-state index contributed by atoms with van der Waals surface area (Å²) < 4.78 is 6.89. The summed E-state index contributed by atoms with van der Waals surface area (Å²) in [6, 6.07) is 0. The van der Waals surface area contributed by atoms with E-state index < -0.39 is 0 Å². The molecule has 0 aromatic carbocycles. The first-order valence-electron chi connectivity index (χ1n) is 11.4. The van der Waals surface area contributed by atoms with E-state index in [-0.39, 0.29) is 22.4 Å². The van der Waals surface area contributed by atoms with Gasteiger partial charge in [-0.1, -0.05) is 51.5 Å². The van der Waals surface area contributed by atoms with Crippen LogP contribution in [0.25, 0.3) is 0 Å². The summed E-state index contributed by atoms with van der Waals surface area (Å²) in [6.45, 7) is 17.9. The Bertz CT molecular complexity index is 479. The highest BCUT2D eigenvalue weighted by Gasteiger charge is 2.50. The molecular weight excluding hydrogens is 332 g/mol. The maximum atomic E-state index is 6.89. The second kappa shape index (κ2) is 8.86. The molecule has 3 heteroatoms.